The number of hydrogen-bond acceptors (Lipinski definition) is 1. The summed E-state index contributed by atoms with van der Waals surface area (Å²) >= 11 is 0. The Morgan fingerprint density at radius 1 is 0.351 bits per heavy atom. The predicted molar refractivity (Wildman–Crippen MR) is 239 cm³/mol. The highest BCUT2D eigenvalue weighted by Gasteiger charge is 2.54. The van der Waals surface area contributed by atoms with Crippen LogP contribution in [-0.2, 0) is 10.8 Å². The van der Waals surface area contributed by atoms with Crippen LogP contribution in [0, 0.1) is 0 Å². The first-order valence-corrected chi connectivity index (χ1v) is 20.0. The van der Waals surface area contributed by atoms with E-state index >= 15 is 0 Å². The molecular formula is C56H41N. The van der Waals surface area contributed by atoms with Crippen LogP contribution in [0.5, 0.6) is 0 Å². The summed E-state index contributed by atoms with van der Waals surface area (Å²) in [6.45, 7) is 4.86. The minimum atomic E-state index is -0.527. The maximum Gasteiger partial charge on any atom is 0.0720 e. The lowest BCUT2D eigenvalue weighted by Crippen LogP contribution is -2.41. The minimum Gasteiger partial charge on any atom is -0.310 e. The average molecular weight is 728 g/mol. The van der Waals surface area contributed by atoms with Crippen LogP contribution in [0.25, 0.3) is 44.2 Å². The van der Waals surface area contributed by atoms with Crippen LogP contribution in [0.4, 0.5) is 17.1 Å². The molecule has 1 spiro atoms. The lowest BCUT2D eigenvalue weighted by Gasteiger charge is -2.48. The van der Waals surface area contributed by atoms with Gasteiger partial charge in [0.2, 0.25) is 0 Å². The van der Waals surface area contributed by atoms with Gasteiger partial charge in [-0.05, 0) is 108 Å². The molecule has 9 aromatic rings. The number of hydrogen-bond donors (Lipinski definition) is 0. The van der Waals surface area contributed by atoms with Gasteiger partial charge in [-0.25, -0.2) is 0 Å². The molecule has 9 aromatic carbocycles. The molecule has 0 fully saturated rings. The summed E-state index contributed by atoms with van der Waals surface area (Å²) in [5, 5.41) is 2.45. The fraction of sp³-hybridized carbons (Fsp3) is 0.0714. The van der Waals surface area contributed by atoms with Crippen molar-refractivity contribution in [2.75, 3.05) is 4.90 Å². The molecule has 0 aromatic heterocycles. The first-order valence-electron chi connectivity index (χ1n) is 20.0. The SMILES string of the molecule is CC1(C)c2ccccc2C2(c3ccccc3-c3c(-c4ccccc4)cccc32)c2cccc(N(c3ccc(-c4ccccc4)cc3)c3ccc4ccccc4c3)c21. The van der Waals surface area contributed by atoms with Crippen molar-refractivity contribution in [1.29, 1.82) is 0 Å². The van der Waals surface area contributed by atoms with Gasteiger partial charge in [-0.1, -0.05) is 196 Å². The molecule has 270 valence electrons. The lowest BCUT2D eigenvalue weighted by atomic mass is 9.55. The van der Waals surface area contributed by atoms with Gasteiger partial charge in [0.25, 0.3) is 0 Å². The summed E-state index contributed by atoms with van der Waals surface area (Å²) in [6, 6.07) is 78.8. The largest absolute Gasteiger partial charge is 0.310 e. The molecule has 2 aliphatic rings. The van der Waals surface area contributed by atoms with Crippen LogP contribution >= 0.6 is 0 Å². The van der Waals surface area contributed by atoms with Gasteiger partial charge >= 0.3 is 0 Å². The Morgan fingerprint density at radius 2 is 0.895 bits per heavy atom. The van der Waals surface area contributed by atoms with Gasteiger partial charge in [-0.2, -0.15) is 0 Å². The molecule has 0 saturated heterocycles. The number of anilines is 3. The Bertz CT molecular complexity index is 2980. The molecule has 0 heterocycles. The van der Waals surface area contributed by atoms with Gasteiger partial charge in [-0.3, -0.25) is 0 Å². The van der Waals surface area contributed by atoms with Crippen LogP contribution in [-0.4, -0.2) is 0 Å². The Morgan fingerprint density at radius 3 is 1.67 bits per heavy atom. The number of fused-ring (bicyclic) bond motifs is 10. The van der Waals surface area contributed by atoms with Crippen molar-refractivity contribution in [3.05, 3.63) is 246 Å². The molecule has 57 heavy (non-hydrogen) atoms. The summed E-state index contributed by atoms with van der Waals surface area (Å²) in [6.07, 6.45) is 0. The van der Waals surface area contributed by atoms with Crippen molar-refractivity contribution in [2.24, 2.45) is 0 Å². The van der Waals surface area contributed by atoms with Crippen LogP contribution in [0.1, 0.15) is 47.2 Å². The molecule has 0 radical (unpaired) electrons. The summed E-state index contributed by atoms with van der Waals surface area (Å²) in [4.78, 5) is 2.51. The molecule has 0 saturated carbocycles. The number of rotatable bonds is 5. The molecule has 1 nitrogen and oxygen atoms in total. The highest BCUT2D eigenvalue weighted by molar-refractivity contribution is 5.98. The summed E-state index contributed by atoms with van der Waals surface area (Å²) < 4.78 is 0. The predicted octanol–water partition coefficient (Wildman–Crippen LogP) is 14.6. The third-order valence-electron chi connectivity index (χ3n) is 12.7. The zero-order valence-corrected chi connectivity index (χ0v) is 32.2. The van der Waals surface area contributed by atoms with E-state index < -0.39 is 5.41 Å². The Hall–Kier alpha value is -6.96. The quantitative estimate of drug-likeness (QED) is 0.171. The van der Waals surface area contributed by atoms with E-state index in [4.69, 9.17) is 0 Å². The minimum absolute atomic E-state index is 0.332. The van der Waals surface area contributed by atoms with Crippen molar-refractivity contribution in [3.8, 4) is 33.4 Å². The van der Waals surface area contributed by atoms with Crippen LogP contribution < -0.4 is 4.90 Å². The molecule has 1 unspecified atom stereocenters. The second-order valence-corrected chi connectivity index (χ2v) is 16.0. The fourth-order valence-corrected chi connectivity index (χ4v) is 10.3. The molecule has 0 N–H and O–H groups in total. The molecule has 0 aliphatic heterocycles. The molecule has 0 bridgehead atoms. The third-order valence-corrected chi connectivity index (χ3v) is 12.7. The van der Waals surface area contributed by atoms with E-state index in [1.54, 1.807) is 0 Å². The van der Waals surface area contributed by atoms with Gasteiger partial charge in [0.15, 0.2) is 0 Å². The zero-order valence-electron chi connectivity index (χ0n) is 32.2. The maximum atomic E-state index is 2.51. The molecule has 2 aliphatic carbocycles. The van der Waals surface area contributed by atoms with E-state index in [9.17, 15) is 0 Å². The van der Waals surface area contributed by atoms with E-state index in [2.05, 4.69) is 231 Å². The summed E-state index contributed by atoms with van der Waals surface area (Å²) in [7, 11) is 0. The van der Waals surface area contributed by atoms with Crippen molar-refractivity contribution < 1.29 is 0 Å². The summed E-state index contributed by atoms with van der Waals surface area (Å²) in [5.74, 6) is 0. The smallest absolute Gasteiger partial charge is 0.0720 e. The molecule has 1 heteroatoms. The van der Waals surface area contributed by atoms with Gasteiger partial charge in [-0.15, -0.1) is 0 Å². The van der Waals surface area contributed by atoms with Gasteiger partial charge < -0.3 is 4.90 Å². The topological polar surface area (TPSA) is 3.24 Å². The zero-order chi connectivity index (χ0) is 38.1. The molecule has 0 amide bonds. The second kappa shape index (κ2) is 12.8. The van der Waals surface area contributed by atoms with E-state index in [0.29, 0.717) is 0 Å². The Balaban J connectivity index is 1.23. The number of benzene rings is 9. The van der Waals surface area contributed by atoms with E-state index in [-0.39, 0.29) is 5.41 Å². The standard InChI is InChI=1S/C56H41N/c1-55(2)48-26-13-14-27-49(48)56(47-25-12-11-23-46(47)53-45(24-15-28-50(53)56)41-20-7-4-8-21-41)51-29-16-30-52(54(51)55)57(44-36-33-39-19-9-10-22-42(39)37-44)43-34-31-40(32-35-43)38-17-5-3-6-18-38/h3-37H,1-2H3. The third kappa shape index (κ3) is 4.89. The van der Waals surface area contributed by atoms with E-state index in [1.165, 1.54) is 83.2 Å². The highest BCUT2D eigenvalue weighted by Crippen LogP contribution is 2.64. The monoisotopic (exact) mass is 727 g/mol. The lowest BCUT2D eigenvalue weighted by molar-refractivity contribution is 0.564. The second-order valence-electron chi connectivity index (χ2n) is 16.0. The Labute approximate surface area is 335 Å². The molecule has 11 rings (SSSR count). The normalized spacial score (nSPS) is 15.8. The fourth-order valence-electron chi connectivity index (χ4n) is 10.3. The van der Waals surface area contributed by atoms with Crippen molar-refractivity contribution in [2.45, 2.75) is 24.7 Å². The first-order chi connectivity index (χ1) is 28.0. The average Bonchev–Trinajstić information content (AvgIpc) is 3.58. The van der Waals surface area contributed by atoms with Gasteiger partial charge in [0.1, 0.15) is 0 Å². The number of nitrogens with zero attached hydrogens (tertiary/aromatic N) is 1. The van der Waals surface area contributed by atoms with E-state index in [1.807, 2.05) is 0 Å². The highest BCUT2D eigenvalue weighted by atomic mass is 15.1. The first kappa shape index (κ1) is 33.4. The van der Waals surface area contributed by atoms with Gasteiger partial charge in [0.05, 0.1) is 11.1 Å². The van der Waals surface area contributed by atoms with Crippen molar-refractivity contribution >= 4 is 27.8 Å². The van der Waals surface area contributed by atoms with Crippen LogP contribution in [0.2, 0.25) is 0 Å². The van der Waals surface area contributed by atoms with Crippen molar-refractivity contribution in [1.82, 2.24) is 0 Å². The van der Waals surface area contributed by atoms with E-state index in [0.717, 1.165) is 11.4 Å². The summed E-state index contributed by atoms with van der Waals surface area (Å²) in [5.41, 5.74) is 18.2. The maximum absolute atomic E-state index is 2.51. The molecular weight excluding hydrogens is 687 g/mol. The van der Waals surface area contributed by atoms with Crippen molar-refractivity contribution in [3.63, 3.8) is 0 Å². The van der Waals surface area contributed by atoms with Crippen LogP contribution in [0.15, 0.2) is 212 Å². The Kier molecular flexibility index (Phi) is 7.50. The molecule has 1 atom stereocenters. The van der Waals surface area contributed by atoms with Crippen LogP contribution in [0.3, 0.4) is 0 Å². The van der Waals surface area contributed by atoms with Gasteiger partial charge in [0, 0.05) is 16.8 Å².